The molecule has 11 heavy (non-hydrogen) atoms. The van der Waals surface area contributed by atoms with Crippen molar-refractivity contribution in [2.75, 3.05) is 0 Å². The molecule has 60 valence electrons. The molecule has 2 rings (SSSR count). The van der Waals surface area contributed by atoms with Gasteiger partial charge in [0, 0.05) is 11.2 Å². The molecule has 1 aromatic rings. The van der Waals surface area contributed by atoms with E-state index in [9.17, 15) is 0 Å². The van der Waals surface area contributed by atoms with Crippen LogP contribution in [0, 0.1) is 6.92 Å². The predicted molar refractivity (Wildman–Crippen MR) is 52.2 cm³/mol. The second kappa shape index (κ2) is 3.25. The van der Waals surface area contributed by atoms with Gasteiger partial charge in [0.2, 0.25) is 0 Å². The SMILES string of the molecule is Cc1p[pH]nc1C1CCCC1. The van der Waals surface area contributed by atoms with Gasteiger partial charge in [0.15, 0.2) is 0 Å². The summed E-state index contributed by atoms with van der Waals surface area (Å²) in [6, 6.07) is 0. The average molecular weight is 185 g/mol. The zero-order valence-electron chi connectivity index (χ0n) is 6.80. The van der Waals surface area contributed by atoms with Crippen molar-refractivity contribution in [2.24, 2.45) is 0 Å². The first kappa shape index (κ1) is 7.77. The van der Waals surface area contributed by atoms with Gasteiger partial charge in [-0.3, -0.25) is 0 Å². The van der Waals surface area contributed by atoms with Gasteiger partial charge < -0.3 is 0 Å². The van der Waals surface area contributed by atoms with Gasteiger partial charge in [-0.15, -0.1) is 0 Å². The van der Waals surface area contributed by atoms with Crippen LogP contribution in [0.3, 0.4) is 0 Å². The van der Waals surface area contributed by atoms with Crippen molar-refractivity contribution in [3.8, 4) is 0 Å². The van der Waals surface area contributed by atoms with Gasteiger partial charge in [-0.05, 0) is 35.7 Å². The summed E-state index contributed by atoms with van der Waals surface area (Å²) >= 11 is 0. The zero-order valence-corrected chi connectivity index (χ0v) is 8.69. The third kappa shape index (κ3) is 1.50. The Kier molecular flexibility index (Phi) is 2.30. The van der Waals surface area contributed by atoms with Crippen LogP contribution in [-0.2, 0) is 0 Å². The number of nitrogens with zero attached hydrogens (tertiary/aromatic N) is 1. The van der Waals surface area contributed by atoms with E-state index >= 15 is 0 Å². The third-order valence-corrected chi connectivity index (χ3v) is 5.11. The normalized spacial score (nSPS) is 20.8. The van der Waals surface area contributed by atoms with E-state index in [1.807, 2.05) is 0 Å². The van der Waals surface area contributed by atoms with Crippen LogP contribution in [-0.4, -0.2) is 4.75 Å². The Labute approximate surface area is 70.8 Å². The molecule has 0 N–H and O–H groups in total. The summed E-state index contributed by atoms with van der Waals surface area (Å²) in [7, 11) is 2.30. The Balaban J connectivity index is 2.21. The Morgan fingerprint density at radius 2 is 2.18 bits per heavy atom. The molecule has 0 bridgehead atoms. The molecule has 3 heteroatoms. The van der Waals surface area contributed by atoms with E-state index in [0.29, 0.717) is 0 Å². The van der Waals surface area contributed by atoms with E-state index in [2.05, 4.69) is 11.7 Å². The highest BCUT2D eigenvalue weighted by Crippen LogP contribution is 2.39. The molecule has 1 nitrogen and oxygen atoms in total. The van der Waals surface area contributed by atoms with Gasteiger partial charge in [-0.1, -0.05) is 12.8 Å². The van der Waals surface area contributed by atoms with Crippen LogP contribution in [0.15, 0.2) is 0 Å². The first-order chi connectivity index (χ1) is 5.38. The average Bonchev–Trinajstić information content (AvgIpc) is 2.55. The lowest BCUT2D eigenvalue weighted by molar-refractivity contribution is 0.703. The second-order valence-electron chi connectivity index (χ2n) is 3.28. The first-order valence-corrected chi connectivity index (χ1v) is 6.93. The van der Waals surface area contributed by atoms with Crippen LogP contribution in [0.25, 0.3) is 0 Å². The molecule has 0 aromatic carbocycles. The third-order valence-electron chi connectivity index (χ3n) is 2.50. The molecule has 0 radical (unpaired) electrons. The standard InChI is InChI=1S/C8H13NP2/c1-6-8(9-11-10-6)7-4-2-3-5-7/h7,11H,2-5H2,1H3. The molecule has 0 saturated heterocycles. The molecule has 1 aliphatic rings. The number of hydrogen-bond acceptors (Lipinski definition) is 1. The quantitative estimate of drug-likeness (QED) is 0.650. The molecule has 1 heterocycles. The van der Waals surface area contributed by atoms with E-state index in [1.54, 1.807) is 5.30 Å². The number of aromatic nitrogens is 1. The first-order valence-electron chi connectivity index (χ1n) is 4.25. The Morgan fingerprint density at radius 1 is 1.45 bits per heavy atom. The Morgan fingerprint density at radius 3 is 2.73 bits per heavy atom. The van der Waals surface area contributed by atoms with Crippen LogP contribution in [0.1, 0.15) is 42.6 Å². The van der Waals surface area contributed by atoms with Crippen molar-refractivity contribution in [3.63, 3.8) is 0 Å². The van der Waals surface area contributed by atoms with Gasteiger partial charge >= 0.3 is 0 Å². The fourth-order valence-corrected chi connectivity index (χ4v) is 4.24. The van der Waals surface area contributed by atoms with Gasteiger partial charge in [0.25, 0.3) is 0 Å². The van der Waals surface area contributed by atoms with Gasteiger partial charge in [-0.25, -0.2) is 4.75 Å². The molecule has 1 aromatic heterocycles. The maximum atomic E-state index is 4.59. The number of hydrogen-bond donors (Lipinski definition) is 0. The van der Waals surface area contributed by atoms with Crippen LogP contribution in [0.2, 0.25) is 0 Å². The summed E-state index contributed by atoms with van der Waals surface area (Å²) in [4.78, 5) is 0. The lowest BCUT2D eigenvalue weighted by Crippen LogP contribution is -1.93. The Hall–Kier alpha value is 0.140. The van der Waals surface area contributed by atoms with Crippen molar-refractivity contribution < 1.29 is 0 Å². The molecule has 1 saturated carbocycles. The van der Waals surface area contributed by atoms with Crippen LogP contribution < -0.4 is 0 Å². The second-order valence-corrected chi connectivity index (χ2v) is 5.86. The molecular weight excluding hydrogens is 172 g/mol. The van der Waals surface area contributed by atoms with Crippen molar-refractivity contribution in [1.82, 2.24) is 4.75 Å². The van der Waals surface area contributed by atoms with E-state index < -0.39 is 0 Å². The van der Waals surface area contributed by atoms with E-state index in [1.165, 1.54) is 39.2 Å². The lowest BCUT2D eigenvalue weighted by atomic mass is 10.0. The van der Waals surface area contributed by atoms with Crippen molar-refractivity contribution in [2.45, 2.75) is 38.5 Å². The molecule has 0 aliphatic heterocycles. The summed E-state index contributed by atoms with van der Waals surface area (Å²) in [6.07, 6.45) is 5.65. The molecule has 1 atom stereocenters. The highest BCUT2D eigenvalue weighted by Gasteiger charge is 2.20. The highest BCUT2D eigenvalue weighted by molar-refractivity contribution is 7.89. The van der Waals surface area contributed by atoms with Crippen molar-refractivity contribution in [1.29, 1.82) is 0 Å². The number of aryl methyl sites for hydroxylation is 1. The largest absolute Gasteiger partial charge is 0.240 e. The maximum absolute atomic E-state index is 4.59. The fraction of sp³-hybridized carbons (Fsp3) is 0.750. The summed E-state index contributed by atoms with van der Waals surface area (Å²) in [5.74, 6) is 0.845. The monoisotopic (exact) mass is 185 g/mol. The molecule has 0 spiro atoms. The molecule has 0 amide bonds. The van der Waals surface area contributed by atoms with Crippen molar-refractivity contribution >= 4 is 15.9 Å². The van der Waals surface area contributed by atoms with Gasteiger partial charge in [-0.2, -0.15) is 0 Å². The van der Waals surface area contributed by atoms with Gasteiger partial charge in [0.05, 0.1) is 5.69 Å². The predicted octanol–water partition coefficient (Wildman–Crippen LogP) is 3.66. The van der Waals surface area contributed by atoms with Crippen LogP contribution >= 0.6 is 15.9 Å². The van der Waals surface area contributed by atoms with Crippen molar-refractivity contribution in [3.05, 3.63) is 11.0 Å². The zero-order chi connectivity index (χ0) is 7.68. The molecule has 1 unspecified atom stereocenters. The highest BCUT2D eigenvalue weighted by atomic mass is 31.8. The van der Waals surface area contributed by atoms with Crippen LogP contribution in [0.5, 0.6) is 0 Å². The smallest absolute Gasteiger partial charge is 0.0554 e. The minimum atomic E-state index is 0.819. The summed E-state index contributed by atoms with van der Waals surface area (Å²) in [6.45, 7) is 2.25. The minimum Gasteiger partial charge on any atom is -0.240 e. The summed E-state index contributed by atoms with van der Waals surface area (Å²) < 4.78 is 4.59. The molecular formula is C8H13NP2. The van der Waals surface area contributed by atoms with E-state index in [0.717, 1.165) is 13.9 Å². The van der Waals surface area contributed by atoms with E-state index in [-0.39, 0.29) is 0 Å². The lowest BCUT2D eigenvalue weighted by Gasteiger charge is -2.05. The fourth-order valence-electron chi connectivity index (χ4n) is 1.88. The summed E-state index contributed by atoms with van der Waals surface area (Å²) in [5.41, 5.74) is 1.47. The van der Waals surface area contributed by atoms with Gasteiger partial charge in [0.1, 0.15) is 0 Å². The number of rotatable bonds is 1. The maximum Gasteiger partial charge on any atom is 0.0554 e. The molecule has 1 aliphatic carbocycles. The van der Waals surface area contributed by atoms with E-state index in [4.69, 9.17) is 0 Å². The topological polar surface area (TPSA) is 12.9 Å². The Bertz CT molecular complexity index is 238. The van der Waals surface area contributed by atoms with Crippen LogP contribution in [0.4, 0.5) is 0 Å². The summed E-state index contributed by atoms with van der Waals surface area (Å²) in [5, 5.41) is 1.55. The minimum absolute atomic E-state index is 0.819. The molecule has 1 fully saturated rings.